The summed E-state index contributed by atoms with van der Waals surface area (Å²) in [5, 5.41) is 0.157. The van der Waals surface area contributed by atoms with E-state index in [1.165, 1.54) is 12.3 Å². The van der Waals surface area contributed by atoms with Gasteiger partial charge in [0, 0.05) is 12.6 Å². The monoisotopic (exact) mass is 353 g/mol. The predicted molar refractivity (Wildman–Crippen MR) is 76.7 cm³/mol. The van der Waals surface area contributed by atoms with Gasteiger partial charge in [-0.15, -0.1) is 0 Å². The third-order valence-corrected chi connectivity index (χ3v) is 3.44. The van der Waals surface area contributed by atoms with Gasteiger partial charge in [0.25, 0.3) is 0 Å². The number of amides is 1. The minimum Gasteiger partial charge on any atom is -0.482 e. The molecule has 6 nitrogen and oxygen atoms in total. The van der Waals surface area contributed by atoms with Crippen LogP contribution in [-0.2, 0) is 4.74 Å². The van der Waals surface area contributed by atoms with Crippen molar-refractivity contribution < 1.29 is 27.4 Å². The number of halogens is 4. The maximum atomic E-state index is 12.1. The van der Waals surface area contributed by atoms with Crippen molar-refractivity contribution >= 4 is 23.5 Å². The van der Waals surface area contributed by atoms with Gasteiger partial charge < -0.3 is 20.1 Å². The van der Waals surface area contributed by atoms with E-state index in [9.17, 15) is 18.0 Å². The fraction of sp³-hybridized carbons (Fsp3) is 0.538. The normalized spacial score (nSPS) is 18.6. The van der Waals surface area contributed by atoms with E-state index >= 15 is 0 Å². The molecule has 2 N–H and O–H groups in total. The fourth-order valence-corrected chi connectivity index (χ4v) is 2.56. The molecule has 0 saturated carbocycles. The second kappa shape index (κ2) is 7.12. The van der Waals surface area contributed by atoms with Crippen LogP contribution in [-0.4, -0.2) is 43.1 Å². The van der Waals surface area contributed by atoms with Crippen molar-refractivity contribution in [3.8, 4) is 5.75 Å². The number of nitrogens with two attached hydrogens (primary N) is 1. The number of anilines is 1. The van der Waals surface area contributed by atoms with Crippen molar-refractivity contribution in [2.24, 2.45) is 5.73 Å². The maximum Gasteiger partial charge on any atom is 0.422 e. The third-order valence-electron chi connectivity index (χ3n) is 3.16. The number of aromatic nitrogens is 1. The Balaban J connectivity index is 2.03. The highest BCUT2D eigenvalue weighted by molar-refractivity contribution is 6.33. The lowest BCUT2D eigenvalue weighted by Gasteiger charge is -2.33. The number of nitrogens with zero attached hydrogens (tertiary/aromatic N) is 2. The number of piperidine rings is 1. The number of hydrogen-bond acceptors (Lipinski definition) is 5. The summed E-state index contributed by atoms with van der Waals surface area (Å²) in [6.45, 7) is -0.422. The highest BCUT2D eigenvalue weighted by Crippen LogP contribution is 2.30. The molecule has 1 fully saturated rings. The molecular formula is C13H15ClF3N3O3. The van der Waals surface area contributed by atoms with Crippen LogP contribution in [0.3, 0.4) is 0 Å². The molecular weight excluding hydrogens is 339 g/mol. The number of rotatable bonds is 4. The van der Waals surface area contributed by atoms with E-state index in [4.69, 9.17) is 22.1 Å². The topological polar surface area (TPSA) is 77.7 Å². The Labute approximate surface area is 135 Å². The minimum absolute atomic E-state index is 0.0713. The molecule has 0 bridgehead atoms. The van der Waals surface area contributed by atoms with Crippen molar-refractivity contribution in [3.63, 3.8) is 0 Å². The Kier molecular flexibility index (Phi) is 5.40. The summed E-state index contributed by atoms with van der Waals surface area (Å²) < 4.78 is 45.9. The van der Waals surface area contributed by atoms with Gasteiger partial charge in [0.05, 0.1) is 17.8 Å². The summed E-state index contributed by atoms with van der Waals surface area (Å²) >= 11 is 6.07. The number of ether oxygens (including phenoxy) is 2. The lowest BCUT2D eigenvalue weighted by atomic mass is 10.1. The van der Waals surface area contributed by atoms with E-state index in [0.29, 0.717) is 25.3 Å². The zero-order chi connectivity index (χ0) is 17.0. The molecule has 1 amide bonds. The highest BCUT2D eigenvalue weighted by atomic mass is 35.5. The fourth-order valence-electron chi connectivity index (χ4n) is 2.28. The number of pyridine rings is 1. The maximum absolute atomic E-state index is 12.1. The predicted octanol–water partition coefficient (Wildman–Crippen LogP) is 2.74. The Morgan fingerprint density at radius 3 is 2.87 bits per heavy atom. The zero-order valence-corrected chi connectivity index (χ0v) is 12.7. The zero-order valence-electron chi connectivity index (χ0n) is 12.0. The quantitative estimate of drug-likeness (QED) is 0.900. The van der Waals surface area contributed by atoms with Gasteiger partial charge in [0.15, 0.2) is 6.61 Å². The van der Waals surface area contributed by atoms with Crippen LogP contribution in [0.25, 0.3) is 0 Å². The Hall–Kier alpha value is -1.90. The molecule has 1 saturated heterocycles. The first kappa shape index (κ1) is 17.5. The molecule has 0 aliphatic carbocycles. The van der Waals surface area contributed by atoms with Crippen LogP contribution in [0.5, 0.6) is 5.75 Å². The first-order valence-corrected chi connectivity index (χ1v) is 7.18. The van der Waals surface area contributed by atoms with Gasteiger partial charge in [-0.25, -0.2) is 9.78 Å². The van der Waals surface area contributed by atoms with Crippen molar-refractivity contribution in [1.29, 1.82) is 0 Å². The van der Waals surface area contributed by atoms with Crippen LogP contribution in [0, 0.1) is 0 Å². The van der Waals surface area contributed by atoms with Gasteiger partial charge in [-0.1, -0.05) is 11.6 Å². The molecule has 23 heavy (non-hydrogen) atoms. The van der Waals surface area contributed by atoms with Crippen LogP contribution in [0.15, 0.2) is 12.3 Å². The van der Waals surface area contributed by atoms with Crippen LogP contribution in [0.2, 0.25) is 5.02 Å². The van der Waals surface area contributed by atoms with E-state index in [2.05, 4.69) is 9.72 Å². The van der Waals surface area contributed by atoms with Gasteiger partial charge in [0.1, 0.15) is 17.7 Å². The Morgan fingerprint density at radius 2 is 2.26 bits per heavy atom. The van der Waals surface area contributed by atoms with E-state index in [1.54, 1.807) is 4.90 Å². The van der Waals surface area contributed by atoms with Crippen LogP contribution < -0.4 is 15.4 Å². The number of alkyl halides is 3. The summed E-state index contributed by atoms with van der Waals surface area (Å²) in [5.74, 6) is 0.321. The molecule has 1 atom stereocenters. The molecule has 1 aliphatic heterocycles. The molecule has 1 unspecified atom stereocenters. The van der Waals surface area contributed by atoms with E-state index in [0.717, 1.165) is 6.42 Å². The molecule has 0 spiro atoms. The molecule has 0 aromatic carbocycles. The molecule has 0 radical (unpaired) electrons. The number of carbonyl (C=O) groups is 1. The SMILES string of the molecule is NC(=O)OC1CCCN(c2ncc(OCC(F)(F)F)cc2Cl)C1. The molecule has 2 rings (SSSR count). The average Bonchev–Trinajstić information content (AvgIpc) is 2.44. The van der Waals surface area contributed by atoms with Crippen molar-refractivity contribution in [2.75, 3.05) is 24.6 Å². The Bertz CT molecular complexity index is 571. The first-order chi connectivity index (χ1) is 10.7. The standard InChI is InChI=1S/C13H15ClF3N3O3/c14-10-4-9(22-7-13(15,16)17)5-19-11(10)20-3-1-2-8(6-20)23-12(18)21/h4-5,8H,1-3,6-7H2,(H2,18,21). The second-order valence-electron chi connectivity index (χ2n) is 5.03. The van der Waals surface area contributed by atoms with Gasteiger partial charge in [0.2, 0.25) is 0 Å². The summed E-state index contributed by atoms with van der Waals surface area (Å²) in [6.07, 6.45) is -3.08. The summed E-state index contributed by atoms with van der Waals surface area (Å²) in [4.78, 5) is 16.6. The summed E-state index contributed by atoms with van der Waals surface area (Å²) in [7, 11) is 0. The van der Waals surface area contributed by atoms with Gasteiger partial charge >= 0.3 is 12.3 Å². The molecule has 1 aliphatic rings. The number of carbonyl (C=O) groups excluding carboxylic acids is 1. The van der Waals surface area contributed by atoms with Crippen LogP contribution >= 0.6 is 11.6 Å². The lowest BCUT2D eigenvalue weighted by Crippen LogP contribution is -2.41. The van der Waals surface area contributed by atoms with Crippen LogP contribution in [0.4, 0.5) is 23.8 Å². The van der Waals surface area contributed by atoms with Crippen molar-refractivity contribution in [2.45, 2.75) is 25.1 Å². The number of primary amides is 1. The second-order valence-corrected chi connectivity index (χ2v) is 5.43. The van der Waals surface area contributed by atoms with Gasteiger partial charge in [-0.3, -0.25) is 0 Å². The Morgan fingerprint density at radius 1 is 1.52 bits per heavy atom. The lowest BCUT2D eigenvalue weighted by molar-refractivity contribution is -0.153. The average molecular weight is 354 g/mol. The summed E-state index contributed by atoms with van der Waals surface area (Å²) in [6, 6.07) is 1.27. The summed E-state index contributed by atoms with van der Waals surface area (Å²) in [5.41, 5.74) is 5.00. The van der Waals surface area contributed by atoms with Gasteiger partial charge in [-0.05, 0) is 12.8 Å². The molecule has 2 heterocycles. The molecule has 1 aromatic heterocycles. The molecule has 128 valence electrons. The number of hydrogen-bond donors (Lipinski definition) is 1. The minimum atomic E-state index is -4.43. The largest absolute Gasteiger partial charge is 0.482 e. The molecule has 1 aromatic rings. The highest BCUT2D eigenvalue weighted by Gasteiger charge is 2.29. The first-order valence-electron chi connectivity index (χ1n) is 6.81. The van der Waals surface area contributed by atoms with Crippen molar-refractivity contribution in [3.05, 3.63) is 17.3 Å². The van der Waals surface area contributed by atoms with Crippen LogP contribution in [0.1, 0.15) is 12.8 Å². The van der Waals surface area contributed by atoms with E-state index < -0.39 is 18.9 Å². The van der Waals surface area contributed by atoms with E-state index in [1.807, 2.05) is 0 Å². The third kappa shape index (κ3) is 5.34. The van der Waals surface area contributed by atoms with E-state index in [-0.39, 0.29) is 16.9 Å². The van der Waals surface area contributed by atoms with Crippen molar-refractivity contribution in [1.82, 2.24) is 4.98 Å². The molecule has 10 heteroatoms. The smallest absolute Gasteiger partial charge is 0.422 e. The van der Waals surface area contributed by atoms with Gasteiger partial charge in [-0.2, -0.15) is 13.2 Å².